The molecular weight excluding hydrogens is 402 g/mol. The summed E-state index contributed by atoms with van der Waals surface area (Å²) in [6.45, 7) is 3.45. The van der Waals surface area contributed by atoms with Crippen LogP contribution in [0.2, 0.25) is 0 Å². The molecule has 3 heterocycles. The SMILES string of the molecule is Cc1nc(-n2nc(-c3ccco3)cc2NC(=O)CCCBr)[nH]c(=O)c1C. The van der Waals surface area contributed by atoms with E-state index in [4.69, 9.17) is 4.42 Å². The van der Waals surface area contributed by atoms with Crippen molar-refractivity contribution in [1.29, 1.82) is 0 Å². The third-order valence-electron chi connectivity index (χ3n) is 3.87. The van der Waals surface area contributed by atoms with Crippen LogP contribution in [0.15, 0.2) is 33.7 Å². The molecule has 0 atom stereocenters. The highest BCUT2D eigenvalue weighted by molar-refractivity contribution is 9.09. The van der Waals surface area contributed by atoms with Crippen LogP contribution in [0.25, 0.3) is 17.4 Å². The number of alkyl halides is 1. The number of H-pyrrole nitrogens is 1. The number of furan rings is 1. The van der Waals surface area contributed by atoms with Crippen molar-refractivity contribution in [3.63, 3.8) is 0 Å². The Morgan fingerprint density at radius 3 is 2.88 bits per heavy atom. The smallest absolute Gasteiger partial charge is 0.255 e. The summed E-state index contributed by atoms with van der Waals surface area (Å²) >= 11 is 3.31. The van der Waals surface area contributed by atoms with Crippen molar-refractivity contribution in [2.45, 2.75) is 26.7 Å². The van der Waals surface area contributed by atoms with E-state index < -0.39 is 0 Å². The van der Waals surface area contributed by atoms with Crippen LogP contribution in [0.4, 0.5) is 5.82 Å². The Morgan fingerprint density at radius 1 is 1.42 bits per heavy atom. The van der Waals surface area contributed by atoms with Gasteiger partial charge >= 0.3 is 0 Å². The summed E-state index contributed by atoms with van der Waals surface area (Å²) in [5.74, 6) is 1.03. The number of hydrogen-bond acceptors (Lipinski definition) is 5. The molecule has 0 bridgehead atoms. The maximum Gasteiger partial charge on any atom is 0.255 e. The fourth-order valence-electron chi connectivity index (χ4n) is 2.34. The maximum absolute atomic E-state index is 12.1. The Hall–Kier alpha value is -2.68. The van der Waals surface area contributed by atoms with Crippen LogP contribution in [0.3, 0.4) is 0 Å². The summed E-state index contributed by atoms with van der Waals surface area (Å²) in [5.41, 5.74) is 1.40. The van der Waals surface area contributed by atoms with Crippen molar-refractivity contribution in [3.8, 4) is 17.4 Å². The second-order valence-electron chi connectivity index (χ2n) is 5.74. The summed E-state index contributed by atoms with van der Waals surface area (Å²) < 4.78 is 6.77. The van der Waals surface area contributed by atoms with Crippen molar-refractivity contribution in [2.24, 2.45) is 0 Å². The number of aryl methyl sites for hydroxylation is 1. The van der Waals surface area contributed by atoms with Gasteiger partial charge in [-0.05, 0) is 32.4 Å². The molecule has 0 radical (unpaired) electrons. The van der Waals surface area contributed by atoms with E-state index in [9.17, 15) is 9.59 Å². The highest BCUT2D eigenvalue weighted by atomic mass is 79.9. The molecule has 3 aromatic heterocycles. The number of halogens is 1. The Morgan fingerprint density at radius 2 is 2.23 bits per heavy atom. The first-order valence-electron chi connectivity index (χ1n) is 8.07. The lowest BCUT2D eigenvalue weighted by Crippen LogP contribution is -2.20. The summed E-state index contributed by atoms with van der Waals surface area (Å²) in [6.07, 6.45) is 2.62. The van der Waals surface area contributed by atoms with Crippen LogP contribution in [0.5, 0.6) is 0 Å². The van der Waals surface area contributed by atoms with Crippen LogP contribution in [-0.2, 0) is 4.79 Å². The molecule has 0 aliphatic rings. The number of rotatable bonds is 6. The van der Waals surface area contributed by atoms with E-state index in [0.717, 1.165) is 5.33 Å². The van der Waals surface area contributed by atoms with Crippen molar-refractivity contribution in [1.82, 2.24) is 19.7 Å². The molecule has 8 nitrogen and oxygen atoms in total. The van der Waals surface area contributed by atoms with Gasteiger partial charge in [0.2, 0.25) is 11.9 Å². The highest BCUT2D eigenvalue weighted by Crippen LogP contribution is 2.24. The van der Waals surface area contributed by atoms with Gasteiger partial charge in [-0.1, -0.05) is 15.9 Å². The second kappa shape index (κ2) is 7.69. The van der Waals surface area contributed by atoms with Crippen LogP contribution < -0.4 is 10.9 Å². The number of aromatic nitrogens is 4. The minimum atomic E-state index is -0.251. The van der Waals surface area contributed by atoms with Crippen LogP contribution in [0, 0.1) is 13.8 Å². The van der Waals surface area contributed by atoms with Gasteiger partial charge in [0.15, 0.2) is 5.76 Å². The zero-order valence-corrected chi connectivity index (χ0v) is 16.0. The van der Waals surface area contributed by atoms with E-state index in [-0.39, 0.29) is 17.4 Å². The number of carbonyl (C=O) groups is 1. The summed E-state index contributed by atoms with van der Waals surface area (Å²) in [7, 11) is 0. The molecule has 0 aromatic carbocycles. The average molecular weight is 420 g/mol. The molecule has 9 heteroatoms. The predicted octanol–water partition coefficient (Wildman–Crippen LogP) is 2.95. The molecule has 0 saturated heterocycles. The van der Waals surface area contributed by atoms with Gasteiger partial charge in [-0.25, -0.2) is 4.98 Å². The molecule has 3 rings (SSSR count). The largest absolute Gasteiger partial charge is 0.463 e. The highest BCUT2D eigenvalue weighted by Gasteiger charge is 2.17. The lowest BCUT2D eigenvalue weighted by molar-refractivity contribution is -0.116. The molecule has 0 aliphatic heterocycles. The Balaban J connectivity index is 2.04. The molecule has 0 unspecified atom stereocenters. The lowest BCUT2D eigenvalue weighted by Gasteiger charge is -2.09. The first kappa shape index (κ1) is 18.1. The fourth-order valence-corrected chi connectivity index (χ4v) is 2.62. The number of nitrogens with zero attached hydrogens (tertiary/aromatic N) is 3. The first-order chi connectivity index (χ1) is 12.5. The number of carbonyl (C=O) groups excluding carboxylic acids is 1. The van der Waals surface area contributed by atoms with E-state index in [1.165, 1.54) is 4.68 Å². The summed E-state index contributed by atoms with van der Waals surface area (Å²) in [5, 5.41) is 7.99. The minimum Gasteiger partial charge on any atom is -0.463 e. The minimum absolute atomic E-state index is 0.150. The lowest BCUT2D eigenvalue weighted by atomic mass is 10.3. The van der Waals surface area contributed by atoms with Gasteiger partial charge in [-0.2, -0.15) is 9.78 Å². The third-order valence-corrected chi connectivity index (χ3v) is 4.43. The van der Waals surface area contributed by atoms with E-state index in [1.807, 2.05) is 0 Å². The first-order valence-corrected chi connectivity index (χ1v) is 9.19. The van der Waals surface area contributed by atoms with Gasteiger partial charge in [0.05, 0.1) is 6.26 Å². The van der Waals surface area contributed by atoms with E-state index in [2.05, 4.69) is 36.3 Å². The summed E-state index contributed by atoms with van der Waals surface area (Å²) in [6, 6.07) is 5.19. The van der Waals surface area contributed by atoms with Crippen molar-refractivity contribution in [2.75, 3.05) is 10.6 Å². The van der Waals surface area contributed by atoms with Gasteiger partial charge in [-0.15, -0.1) is 0 Å². The van der Waals surface area contributed by atoms with Gasteiger partial charge in [0.1, 0.15) is 11.5 Å². The van der Waals surface area contributed by atoms with Gasteiger partial charge in [0.25, 0.3) is 5.56 Å². The molecule has 1 amide bonds. The van der Waals surface area contributed by atoms with Crippen LogP contribution >= 0.6 is 15.9 Å². The summed E-state index contributed by atoms with van der Waals surface area (Å²) in [4.78, 5) is 31.3. The average Bonchev–Trinajstić information content (AvgIpc) is 3.27. The number of nitrogens with one attached hydrogen (secondary N) is 2. The molecule has 2 N–H and O–H groups in total. The maximum atomic E-state index is 12.1. The second-order valence-corrected chi connectivity index (χ2v) is 6.54. The normalized spacial score (nSPS) is 10.9. The topological polar surface area (TPSA) is 106 Å². The van der Waals surface area contributed by atoms with Crippen molar-refractivity contribution in [3.05, 3.63) is 46.1 Å². The predicted molar refractivity (Wildman–Crippen MR) is 101 cm³/mol. The Bertz CT molecular complexity index is 975. The van der Waals surface area contributed by atoms with Gasteiger partial charge < -0.3 is 9.73 Å². The number of amides is 1. The third kappa shape index (κ3) is 3.77. The standard InChI is InChI=1S/C17H18BrN5O3/c1-10-11(2)19-17(21-16(10)25)23-14(20-15(24)6-3-7-18)9-12(22-23)13-5-4-8-26-13/h4-5,8-9H,3,6-7H2,1-2H3,(H,20,24)(H,19,21,25). The van der Waals surface area contributed by atoms with E-state index in [1.54, 1.807) is 38.3 Å². The molecule has 26 heavy (non-hydrogen) atoms. The molecule has 0 spiro atoms. The quantitative estimate of drug-likeness (QED) is 0.597. The Labute approximate surface area is 157 Å². The fraction of sp³-hybridized carbons (Fsp3) is 0.294. The number of aromatic amines is 1. The molecular formula is C17H18BrN5O3. The van der Waals surface area contributed by atoms with Gasteiger partial charge in [-0.3, -0.25) is 14.6 Å². The van der Waals surface area contributed by atoms with Crippen LogP contribution in [0.1, 0.15) is 24.1 Å². The Kier molecular flexibility index (Phi) is 5.36. The van der Waals surface area contributed by atoms with E-state index >= 15 is 0 Å². The number of hydrogen-bond donors (Lipinski definition) is 2. The monoisotopic (exact) mass is 419 g/mol. The molecule has 136 valence electrons. The molecule has 0 fully saturated rings. The van der Waals surface area contributed by atoms with Crippen molar-refractivity contribution < 1.29 is 9.21 Å². The van der Waals surface area contributed by atoms with Gasteiger partial charge in [0, 0.05) is 29.1 Å². The molecule has 0 aliphatic carbocycles. The number of anilines is 1. The zero-order chi connectivity index (χ0) is 18.7. The molecule has 3 aromatic rings. The van der Waals surface area contributed by atoms with E-state index in [0.29, 0.717) is 41.4 Å². The van der Waals surface area contributed by atoms with Crippen LogP contribution in [-0.4, -0.2) is 31.0 Å². The zero-order valence-electron chi connectivity index (χ0n) is 14.4. The molecule has 0 saturated carbocycles. The van der Waals surface area contributed by atoms with Crippen molar-refractivity contribution >= 4 is 27.7 Å².